The first-order chi connectivity index (χ1) is 7.20. The number of carbonyl (C=O) groups is 1. The van der Waals surface area contributed by atoms with Gasteiger partial charge in [-0.3, -0.25) is 0 Å². The summed E-state index contributed by atoms with van der Waals surface area (Å²) in [5.41, 5.74) is 0. The van der Waals surface area contributed by atoms with Gasteiger partial charge in [0.25, 0.3) is 0 Å². The Kier molecular flexibility index (Phi) is 3.17. The summed E-state index contributed by atoms with van der Waals surface area (Å²) in [5, 5.41) is 2.95. The predicted molar refractivity (Wildman–Crippen MR) is 58.6 cm³/mol. The molecule has 2 fully saturated rings. The minimum absolute atomic E-state index is 0.257. The van der Waals surface area contributed by atoms with E-state index in [4.69, 9.17) is 4.74 Å². The number of rotatable bonds is 3. The van der Waals surface area contributed by atoms with Crippen LogP contribution in [0.3, 0.4) is 0 Å². The fourth-order valence-electron chi connectivity index (χ4n) is 3.37. The largest absolute Gasteiger partial charge is 0.450 e. The molecule has 1 amide bonds. The molecule has 15 heavy (non-hydrogen) atoms. The van der Waals surface area contributed by atoms with Crippen LogP contribution in [0, 0.1) is 17.8 Å². The Bertz CT molecular complexity index is 242. The van der Waals surface area contributed by atoms with E-state index in [9.17, 15) is 4.79 Å². The van der Waals surface area contributed by atoms with E-state index >= 15 is 0 Å². The molecule has 2 aliphatic carbocycles. The van der Waals surface area contributed by atoms with E-state index in [0.717, 1.165) is 11.8 Å². The van der Waals surface area contributed by atoms with Gasteiger partial charge >= 0.3 is 6.09 Å². The number of alkyl carbamates (subject to hydrolysis) is 1. The van der Waals surface area contributed by atoms with Gasteiger partial charge in [-0.15, -0.1) is 0 Å². The molecule has 2 saturated carbocycles. The van der Waals surface area contributed by atoms with E-state index in [1.54, 1.807) is 0 Å². The van der Waals surface area contributed by atoms with Crippen LogP contribution in [0.15, 0.2) is 0 Å². The van der Waals surface area contributed by atoms with Gasteiger partial charge < -0.3 is 10.1 Å². The summed E-state index contributed by atoms with van der Waals surface area (Å²) >= 11 is 0. The molecule has 3 heteroatoms. The van der Waals surface area contributed by atoms with Crippen molar-refractivity contribution in [2.24, 2.45) is 17.8 Å². The van der Waals surface area contributed by atoms with Crippen molar-refractivity contribution in [1.29, 1.82) is 0 Å². The zero-order valence-electron chi connectivity index (χ0n) is 9.66. The molecule has 4 atom stereocenters. The quantitative estimate of drug-likeness (QED) is 0.779. The molecule has 0 aromatic rings. The first-order valence-corrected chi connectivity index (χ1v) is 6.14. The van der Waals surface area contributed by atoms with E-state index < -0.39 is 0 Å². The summed E-state index contributed by atoms with van der Waals surface area (Å²) in [4.78, 5) is 11.3. The van der Waals surface area contributed by atoms with Gasteiger partial charge in [0.1, 0.15) is 0 Å². The van der Waals surface area contributed by atoms with Crippen molar-refractivity contribution in [2.75, 3.05) is 6.61 Å². The summed E-state index contributed by atoms with van der Waals surface area (Å²) in [6.45, 7) is 4.40. The zero-order chi connectivity index (χ0) is 10.8. The lowest BCUT2D eigenvalue weighted by atomic mass is 9.84. The van der Waals surface area contributed by atoms with Gasteiger partial charge in [-0.05, 0) is 50.9 Å². The number of fused-ring (bicyclic) bond motifs is 2. The summed E-state index contributed by atoms with van der Waals surface area (Å²) in [6, 6.07) is 0.277. The SMILES string of the molecule is CCOC(=O)N[C@H](C)[C@@H]1C[C@H]2CC[C@H]1C2. The van der Waals surface area contributed by atoms with Crippen molar-refractivity contribution < 1.29 is 9.53 Å². The van der Waals surface area contributed by atoms with Crippen LogP contribution in [-0.2, 0) is 4.74 Å². The molecule has 2 aliphatic rings. The first-order valence-electron chi connectivity index (χ1n) is 6.14. The molecule has 86 valence electrons. The molecule has 0 aromatic heterocycles. The third kappa shape index (κ3) is 2.27. The highest BCUT2D eigenvalue weighted by atomic mass is 16.5. The molecule has 0 aliphatic heterocycles. The van der Waals surface area contributed by atoms with Crippen LogP contribution >= 0.6 is 0 Å². The monoisotopic (exact) mass is 211 g/mol. The molecule has 0 radical (unpaired) electrons. The van der Waals surface area contributed by atoms with Gasteiger partial charge in [-0.2, -0.15) is 0 Å². The molecule has 3 nitrogen and oxygen atoms in total. The van der Waals surface area contributed by atoms with Crippen molar-refractivity contribution in [3.05, 3.63) is 0 Å². The van der Waals surface area contributed by atoms with Crippen LogP contribution in [0.5, 0.6) is 0 Å². The third-order valence-electron chi connectivity index (χ3n) is 4.06. The Morgan fingerprint density at radius 3 is 2.80 bits per heavy atom. The van der Waals surface area contributed by atoms with Gasteiger partial charge in [-0.1, -0.05) is 6.42 Å². The average Bonchev–Trinajstić information content (AvgIpc) is 2.78. The molecule has 0 heterocycles. The number of hydrogen-bond acceptors (Lipinski definition) is 2. The van der Waals surface area contributed by atoms with Crippen molar-refractivity contribution in [2.45, 2.75) is 45.6 Å². The zero-order valence-corrected chi connectivity index (χ0v) is 9.66. The summed E-state index contributed by atoms with van der Waals surface area (Å²) in [6.07, 6.45) is 5.21. The smallest absolute Gasteiger partial charge is 0.407 e. The number of hydrogen-bond donors (Lipinski definition) is 1. The van der Waals surface area contributed by atoms with Crippen LogP contribution in [0.25, 0.3) is 0 Å². The fraction of sp³-hybridized carbons (Fsp3) is 0.917. The third-order valence-corrected chi connectivity index (χ3v) is 4.06. The molecule has 0 unspecified atom stereocenters. The number of nitrogens with one attached hydrogen (secondary N) is 1. The maximum absolute atomic E-state index is 11.3. The second-order valence-corrected chi connectivity index (χ2v) is 4.99. The van der Waals surface area contributed by atoms with Gasteiger partial charge in [-0.25, -0.2) is 4.79 Å². The Hall–Kier alpha value is -0.730. The highest BCUT2D eigenvalue weighted by Gasteiger charge is 2.42. The van der Waals surface area contributed by atoms with Crippen LogP contribution < -0.4 is 5.32 Å². The lowest BCUT2D eigenvalue weighted by molar-refractivity contribution is 0.140. The van der Waals surface area contributed by atoms with Gasteiger partial charge in [0.15, 0.2) is 0 Å². The maximum Gasteiger partial charge on any atom is 0.407 e. The standard InChI is InChI=1S/C12H21NO2/c1-3-15-12(14)13-8(2)11-7-9-4-5-10(11)6-9/h8-11H,3-7H2,1-2H3,(H,13,14)/t8-,9+,10+,11+/m1/s1. The number of amides is 1. The predicted octanol–water partition coefficient (Wildman–Crippen LogP) is 2.56. The van der Waals surface area contributed by atoms with Crippen molar-refractivity contribution in [3.8, 4) is 0 Å². The molecule has 2 rings (SSSR count). The normalized spacial score (nSPS) is 35.2. The average molecular weight is 211 g/mol. The lowest BCUT2D eigenvalue weighted by Crippen LogP contribution is -2.40. The highest BCUT2D eigenvalue weighted by Crippen LogP contribution is 2.49. The summed E-state index contributed by atoms with van der Waals surface area (Å²) in [7, 11) is 0. The fourth-order valence-corrected chi connectivity index (χ4v) is 3.37. The van der Waals surface area contributed by atoms with Crippen LogP contribution in [0.4, 0.5) is 4.79 Å². The number of carbonyl (C=O) groups excluding carboxylic acids is 1. The molecule has 0 aromatic carbocycles. The molecule has 0 saturated heterocycles. The van der Waals surface area contributed by atoms with Crippen molar-refractivity contribution in [3.63, 3.8) is 0 Å². The van der Waals surface area contributed by atoms with Crippen LogP contribution in [0.2, 0.25) is 0 Å². The highest BCUT2D eigenvalue weighted by molar-refractivity contribution is 5.67. The van der Waals surface area contributed by atoms with E-state index in [0.29, 0.717) is 12.5 Å². The Balaban J connectivity index is 1.81. The minimum Gasteiger partial charge on any atom is -0.450 e. The van der Waals surface area contributed by atoms with Crippen molar-refractivity contribution in [1.82, 2.24) is 5.32 Å². The van der Waals surface area contributed by atoms with Crippen LogP contribution in [0.1, 0.15) is 39.5 Å². The second kappa shape index (κ2) is 4.42. The molecular formula is C12H21NO2. The van der Waals surface area contributed by atoms with E-state index in [1.165, 1.54) is 25.7 Å². The minimum atomic E-state index is -0.257. The van der Waals surface area contributed by atoms with Gasteiger partial charge in [0.2, 0.25) is 0 Å². The van der Waals surface area contributed by atoms with Crippen molar-refractivity contribution >= 4 is 6.09 Å². The second-order valence-electron chi connectivity index (χ2n) is 4.99. The Morgan fingerprint density at radius 2 is 2.27 bits per heavy atom. The van der Waals surface area contributed by atoms with Gasteiger partial charge in [0.05, 0.1) is 6.61 Å². The molecule has 2 bridgehead atoms. The first kappa shape index (κ1) is 10.8. The van der Waals surface area contributed by atoms with E-state index in [-0.39, 0.29) is 12.1 Å². The maximum atomic E-state index is 11.3. The number of ether oxygens (including phenoxy) is 1. The summed E-state index contributed by atoms with van der Waals surface area (Å²) in [5.74, 6) is 2.48. The topological polar surface area (TPSA) is 38.3 Å². The van der Waals surface area contributed by atoms with Gasteiger partial charge in [0, 0.05) is 6.04 Å². The van der Waals surface area contributed by atoms with Crippen LogP contribution in [-0.4, -0.2) is 18.7 Å². The van der Waals surface area contributed by atoms with E-state index in [2.05, 4.69) is 12.2 Å². The molecular weight excluding hydrogens is 190 g/mol. The van der Waals surface area contributed by atoms with E-state index in [1.807, 2.05) is 6.92 Å². The molecule has 1 N–H and O–H groups in total. The molecule has 0 spiro atoms. The lowest BCUT2D eigenvalue weighted by Gasteiger charge is -2.28. The Labute approximate surface area is 91.6 Å². The summed E-state index contributed by atoms with van der Waals surface area (Å²) < 4.78 is 4.90. The Morgan fingerprint density at radius 1 is 1.47 bits per heavy atom.